The minimum absolute atomic E-state index is 0.0543. The maximum atomic E-state index is 13.2. The molecule has 0 radical (unpaired) electrons. The summed E-state index contributed by atoms with van der Waals surface area (Å²) in [4.78, 5) is 56.8. The van der Waals surface area contributed by atoms with Crippen LogP contribution in [0.25, 0.3) is 5.65 Å². The van der Waals surface area contributed by atoms with Crippen molar-refractivity contribution in [2.75, 3.05) is 30.4 Å². The molecule has 10 nitrogen and oxygen atoms in total. The zero-order valence-electron chi connectivity index (χ0n) is 19.9. The lowest BCUT2D eigenvalue weighted by Crippen LogP contribution is -2.44. The van der Waals surface area contributed by atoms with Crippen molar-refractivity contribution in [3.05, 3.63) is 59.4 Å². The first kappa shape index (κ1) is 23.9. The number of anilines is 2. The molecule has 2 aromatic heterocycles. The molecule has 3 N–H and O–H groups in total. The Morgan fingerprint density at radius 1 is 1.09 bits per heavy atom. The number of aromatic nitrogens is 2. The summed E-state index contributed by atoms with van der Waals surface area (Å²) in [5.41, 5.74) is 8.19. The number of amides is 4. The fraction of sp³-hybridized carbons (Fsp3) is 0.320. The highest BCUT2D eigenvalue weighted by Crippen LogP contribution is 2.24. The van der Waals surface area contributed by atoms with Crippen LogP contribution in [0.3, 0.4) is 0 Å². The molecule has 0 saturated carbocycles. The van der Waals surface area contributed by atoms with Gasteiger partial charge in [0, 0.05) is 37.6 Å². The molecule has 1 fully saturated rings. The highest BCUT2D eigenvalue weighted by molar-refractivity contribution is 6.02. The molecule has 1 unspecified atom stereocenters. The van der Waals surface area contributed by atoms with Gasteiger partial charge >= 0.3 is 6.03 Å². The van der Waals surface area contributed by atoms with Gasteiger partial charge in [0.25, 0.3) is 5.91 Å². The van der Waals surface area contributed by atoms with Gasteiger partial charge in [-0.1, -0.05) is 0 Å². The first-order valence-electron chi connectivity index (χ1n) is 11.4. The lowest BCUT2D eigenvalue weighted by molar-refractivity contribution is -0.123. The van der Waals surface area contributed by atoms with Crippen molar-refractivity contribution in [3.63, 3.8) is 0 Å². The van der Waals surface area contributed by atoms with E-state index in [0.29, 0.717) is 59.9 Å². The van der Waals surface area contributed by atoms with Crippen LogP contribution in [-0.4, -0.2) is 58.1 Å². The van der Waals surface area contributed by atoms with Gasteiger partial charge in [-0.05, 0) is 63.1 Å². The fourth-order valence-corrected chi connectivity index (χ4v) is 4.35. The number of benzene rings is 1. The Kier molecular flexibility index (Phi) is 6.54. The molecule has 0 aliphatic carbocycles. The number of rotatable bonds is 5. The lowest BCUT2D eigenvalue weighted by atomic mass is 9.97. The third-order valence-electron chi connectivity index (χ3n) is 6.28. The fourth-order valence-electron chi connectivity index (χ4n) is 4.35. The SMILES string of the molecule is CC(=O)c1ccc(NC(=O)N(C)c2c(C)nc3ccc(C(=O)N4CCCC(C(N)=O)C4)cn23)cc1. The number of urea groups is 1. The molecule has 35 heavy (non-hydrogen) atoms. The van der Waals surface area contributed by atoms with E-state index >= 15 is 0 Å². The quantitative estimate of drug-likeness (QED) is 0.547. The molecule has 4 amide bonds. The van der Waals surface area contributed by atoms with Crippen molar-refractivity contribution in [1.29, 1.82) is 0 Å². The van der Waals surface area contributed by atoms with Crippen LogP contribution in [0, 0.1) is 12.8 Å². The molecule has 1 atom stereocenters. The molecule has 0 spiro atoms. The smallest absolute Gasteiger partial charge is 0.327 e. The van der Waals surface area contributed by atoms with Gasteiger partial charge in [0.05, 0.1) is 17.2 Å². The van der Waals surface area contributed by atoms with Crippen LogP contribution < -0.4 is 16.0 Å². The Morgan fingerprint density at radius 3 is 2.43 bits per heavy atom. The van der Waals surface area contributed by atoms with Crippen LogP contribution in [0.1, 0.15) is 46.2 Å². The highest BCUT2D eigenvalue weighted by atomic mass is 16.2. The molecule has 0 bridgehead atoms. The highest BCUT2D eigenvalue weighted by Gasteiger charge is 2.28. The van der Waals surface area contributed by atoms with Gasteiger partial charge in [-0.2, -0.15) is 0 Å². The molecule has 1 aliphatic rings. The number of fused-ring (bicyclic) bond motifs is 1. The standard InChI is InChI=1S/C25H28N6O4/c1-15-23(29(3)25(35)28-20-9-6-17(7-10-20)16(2)32)31-14-19(8-11-21(31)27-15)24(34)30-12-4-5-18(13-30)22(26)33/h6-11,14,18H,4-5,12-13H2,1-3H3,(H2,26,33)(H,28,35). The number of carbonyl (C=O) groups is 4. The van der Waals surface area contributed by atoms with Crippen molar-refractivity contribution in [2.45, 2.75) is 26.7 Å². The van der Waals surface area contributed by atoms with Gasteiger partial charge in [0.15, 0.2) is 5.78 Å². The summed E-state index contributed by atoms with van der Waals surface area (Å²) in [6.45, 7) is 4.13. The largest absolute Gasteiger partial charge is 0.369 e. The summed E-state index contributed by atoms with van der Waals surface area (Å²) in [6, 6.07) is 9.65. The molecule has 182 valence electrons. The Balaban J connectivity index is 1.58. The number of primary amides is 1. The number of hydrogen-bond donors (Lipinski definition) is 2. The van der Waals surface area contributed by atoms with Gasteiger partial charge in [-0.15, -0.1) is 0 Å². The van der Waals surface area contributed by atoms with Crippen molar-refractivity contribution in [3.8, 4) is 0 Å². The average molecular weight is 477 g/mol. The van der Waals surface area contributed by atoms with E-state index in [1.807, 2.05) is 0 Å². The Morgan fingerprint density at radius 2 is 1.77 bits per heavy atom. The van der Waals surface area contributed by atoms with Crippen molar-refractivity contribution >= 4 is 40.8 Å². The number of Topliss-reactive ketones (excluding diaryl/α,β-unsaturated/α-hetero) is 1. The minimum Gasteiger partial charge on any atom is -0.369 e. The van der Waals surface area contributed by atoms with Crippen molar-refractivity contribution in [2.24, 2.45) is 11.7 Å². The predicted molar refractivity (Wildman–Crippen MR) is 132 cm³/mol. The second kappa shape index (κ2) is 9.57. The molecule has 1 aliphatic heterocycles. The lowest BCUT2D eigenvalue weighted by Gasteiger charge is -2.31. The first-order valence-corrected chi connectivity index (χ1v) is 11.4. The van der Waals surface area contributed by atoms with Crippen molar-refractivity contribution < 1.29 is 19.2 Å². The van der Waals surface area contributed by atoms with E-state index in [0.717, 1.165) is 0 Å². The molecule has 4 rings (SSSR count). The molecule has 1 aromatic carbocycles. The van der Waals surface area contributed by atoms with Crippen LogP contribution in [0.4, 0.5) is 16.3 Å². The van der Waals surface area contributed by atoms with Crippen LogP contribution >= 0.6 is 0 Å². The number of pyridine rings is 1. The zero-order chi connectivity index (χ0) is 25.3. The number of imidazole rings is 1. The summed E-state index contributed by atoms with van der Waals surface area (Å²) in [6.07, 6.45) is 3.06. The maximum absolute atomic E-state index is 13.2. The third-order valence-corrected chi connectivity index (χ3v) is 6.28. The second-order valence-electron chi connectivity index (χ2n) is 8.78. The molecule has 3 aromatic rings. The Bertz CT molecular complexity index is 1310. The average Bonchev–Trinajstić information content (AvgIpc) is 3.18. The molecule has 3 heterocycles. The molecule has 10 heteroatoms. The van der Waals surface area contributed by atoms with E-state index in [1.165, 1.54) is 11.8 Å². The van der Waals surface area contributed by atoms with E-state index in [2.05, 4.69) is 10.3 Å². The van der Waals surface area contributed by atoms with Gasteiger partial charge < -0.3 is 16.0 Å². The Labute approximate surface area is 202 Å². The number of nitrogens with zero attached hydrogens (tertiary/aromatic N) is 4. The second-order valence-corrected chi connectivity index (χ2v) is 8.78. The number of likely N-dealkylation sites (tertiary alicyclic amines) is 1. The van der Waals surface area contributed by atoms with E-state index in [1.54, 1.807) is 65.9 Å². The number of carbonyl (C=O) groups excluding carboxylic acids is 4. The van der Waals surface area contributed by atoms with Crippen LogP contribution in [0.2, 0.25) is 0 Å². The van der Waals surface area contributed by atoms with Gasteiger partial charge in [0.2, 0.25) is 5.91 Å². The molecular weight excluding hydrogens is 448 g/mol. The first-order chi connectivity index (χ1) is 16.7. The maximum Gasteiger partial charge on any atom is 0.327 e. The summed E-state index contributed by atoms with van der Waals surface area (Å²) < 4.78 is 1.70. The number of nitrogens with one attached hydrogen (secondary N) is 1. The van der Waals surface area contributed by atoms with Crippen molar-refractivity contribution in [1.82, 2.24) is 14.3 Å². The van der Waals surface area contributed by atoms with Crippen LogP contribution in [0.15, 0.2) is 42.6 Å². The summed E-state index contributed by atoms with van der Waals surface area (Å²) in [7, 11) is 1.62. The topological polar surface area (TPSA) is 130 Å². The minimum atomic E-state index is -0.400. The van der Waals surface area contributed by atoms with Gasteiger partial charge in [-0.25, -0.2) is 9.78 Å². The predicted octanol–water partition coefficient (Wildman–Crippen LogP) is 2.85. The normalized spacial score (nSPS) is 15.6. The van der Waals surface area contributed by atoms with E-state index < -0.39 is 11.9 Å². The van der Waals surface area contributed by atoms with Gasteiger partial charge in [-0.3, -0.25) is 23.7 Å². The monoisotopic (exact) mass is 476 g/mol. The molecular formula is C25H28N6O4. The zero-order valence-corrected chi connectivity index (χ0v) is 19.9. The number of aryl methyl sites for hydroxylation is 1. The van der Waals surface area contributed by atoms with Crippen LogP contribution in [-0.2, 0) is 4.79 Å². The summed E-state index contributed by atoms with van der Waals surface area (Å²) in [5, 5.41) is 2.81. The van der Waals surface area contributed by atoms with Gasteiger partial charge in [0.1, 0.15) is 11.5 Å². The van der Waals surface area contributed by atoms with Crippen LogP contribution in [0.5, 0.6) is 0 Å². The number of piperidine rings is 1. The molecule has 1 saturated heterocycles. The summed E-state index contributed by atoms with van der Waals surface area (Å²) >= 11 is 0. The summed E-state index contributed by atoms with van der Waals surface area (Å²) in [5.74, 6) is -0.480. The number of ketones is 1. The van der Waals surface area contributed by atoms with E-state index in [-0.39, 0.29) is 17.6 Å². The number of hydrogen-bond acceptors (Lipinski definition) is 5. The number of nitrogens with two attached hydrogens (primary N) is 1. The van der Waals surface area contributed by atoms with E-state index in [4.69, 9.17) is 5.73 Å². The Hall–Kier alpha value is -4.21. The van der Waals surface area contributed by atoms with E-state index in [9.17, 15) is 19.2 Å². The third kappa shape index (κ3) is 4.86.